The van der Waals surface area contributed by atoms with E-state index >= 15 is 0 Å². The van der Waals surface area contributed by atoms with E-state index in [1.165, 1.54) is 0 Å². The maximum atomic E-state index is 5.69. The first-order valence-corrected chi connectivity index (χ1v) is 9.12. The van der Waals surface area contributed by atoms with Crippen molar-refractivity contribution in [3.05, 3.63) is 53.7 Å². The van der Waals surface area contributed by atoms with E-state index in [2.05, 4.69) is 15.5 Å². The minimum atomic E-state index is 0.566. The topological polar surface area (TPSA) is 77.6 Å². The minimum absolute atomic E-state index is 0.566. The van der Waals surface area contributed by atoms with E-state index in [-0.39, 0.29) is 0 Å². The fraction of sp³-hybridized carbons (Fsp3) is 0.286. The summed E-state index contributed by atoms with van der Waals surface area (Å²) >= 11 is 0. The van der Waals surface area contributed by atoms with Crippen LogP contribution in [0.2, 0.25) is 0 Å². The molecular weight excluding hydrogens is 358 g/mol. The summed E-state index contributed by atoms with van der Waals surface area (Å²) in [5.74, 6) is 3.17. The third-order valence-corrected chi connectivity index (χ3v) is 4.67. The number of aromatic amines is 1. The van der Waals surface area contributed by atoms with Crippen molar-refractivity contribution in [2.24, 2.45) is 0 Å². The van der Waals surface area contributed by atoms with Crippen LogP contribution in [0.3, 0.4) is 0 Å². The maximum absolute atomic E-state index is 5.69. The zero-order valence-corrected chi connectivity index (χ0v) is 16.0. The fourth-order valence-corrected chi connectivity index (χ4v) is 3.25. The molecule has 3 aromatic rings. The van der Waals surface area contributed by atoms with Gasteiger partial charge in [-0.25, -0.2) is 0 Å². The quantitative estimate of drug-likeness (QED) is 0.655. The lowest BCUT2D eigenvalue weighted by molar-refractivity contribution is 0.171. The van der Waals surface area contributed by atoms with Gasteiger partial charge in [-0.1, -0.05) is 0 Å². The first kappa shape index (κ1) is 18.2. The van der Waals surface area contributed by atoms with E-state index in [0.29, 0.717) is 26.3 Å². The second-order valence-corrected chi connectivity index (χ2v) is 6.41. The number of nitrogens with zero attached hydrogens (tertiary/aromatic N) is 1. The van der Waals surface area contributed by atoms with Crippen molar-refractivity contribution in [2.45, 2.75) is 13.1 Å². The van der Waals surface area contributed by atoms with E-state index in [4.69, 9.17) is 18.9 Å². The van der Waals surface area contributed by atoms with Crippen molar-refractivity contribution < 1.29 is 18.9 Å². The second kappa shape index (κ2) is 8.22. The zero-order chi connectivity index (χ0) is 19.3. The molecular formula is C21H23N3O4. The molecule has 0 unspecified atom stereocenters. The number of hydrogen-bond acceptors (Lipinski definition) is 6. The van der Waals surface area contributed by atoms with Gasteiger partial charge in [0.15, 0.2) is 11.5 Å². The predicted molar refractivity (Wildman–Crippen MR) is 105 cm³/mol. The standard InChI is InChI=1S/C21H23N3O4/c1-25-17-4-6-18(26-2)15(9-17)11-22-12-16-13-23-24-21(16)14-3-5-19-20(10-14)28-8-7-27-19/h3-6,9-10,13,22H,7-8,11-12H2,1-2H3,(H,23,24). The number of methoxy groups -OCH3 is 2. The number of hydrogen-bond donors (Lipinski definition) is 2. The van der Waals surface area contributed by atoms with Crippen molar-refractivity contribution in [3.8, 4) is 34.3 Å². The number of rotatable bonds is 7. The highest BCUT2D eigenvalue weighted by molar-refractivity contribution is 5.66. The van der Waals surface area contributed by atoms with Crippen LogP contribution in [0.5, 0.6) is 23.0 Å². The van der Waals surface area contributed by atoms with Crippen molar-refractivity contribution >= 4 is 0 Å². The van der Waals surface area contributed by atoms with E-state index < -0.39 is 0 Å². The molecule has 0 fully saturated rings. The van der Waals surface area contributed by atoms with Gasteiger partial charge in [-0.2, -0.15) is 5.10 Å². The Kier molecular flexibility index (Phi) is 5.34. The van der Waals surface area contributed by atoms with Gasteiger partial charge >= 0.3 is 0 Å². The van der Waals surface area contributed by atoms with Gasteiger partial charge in [0.1, 0.15) is 24.7 Å². The number of nitrogens with one attached hydrogen (secondary N) is 2. The smallest absolute Gasteiger partial charge is 0.162 e. The molecule has 1 aromatic heterocycles. The maximum Gasteiger partial charge on any atom is 0.162 e. The molecule has 0 saturated carbocycles. The molecule has 0 aliphatic carbocycles. The van der Waals surface area contributed by atoms with Gasteiger partial charge in [0.25, 0.3) is 0 Å². The van der Waals surface area contributed by atoms with Crippen LogP contribution in [0.1, 0.15) is 11.1 Å². The lowest BCUT2D eigenvalue weighted by atomic mass is 10.1. The third kappa shape index (κ3) is 3.75. The van der Waals surface area contributed by atoms with Gasteiger partial charge in [-0.05, 0) is 36.4 Å². The lowest BCUT2D eigenvalue weighted by Crippen LogP contribution is -2.15. The Labute approximate surface area is 163 Å². The Morgan fingerprint density at radius 2 is 1.79 bits per heavy atom. The van der Waals surface area contributed by atoms with Crippen LogP contribution < -0.4 is 24.3 Å². The molecule has 0 bridgehead atoms. The molecule has 1 aliphatic heterocycles. The average molecular weight is 381 g/mol. The van der Waals surface area contributed by atoms with Crippen molar-refractivity contribution in [3.63, 3.8) is 0 Å². The first-order valence-electron chi connectivity index (χ1n) is 9.12. The molecule has 0 spiro atoms. The molecule has 2 aromatic carbocycles. The average Bonchev–Trinajstić information content (AvgIpc) is 3.21. The molecule has 2 N–H and O–H groups in total. The van der Waals surface area contributed by atoms with Gasteiger partial charge in [0, 0.05) is 29.8 Å². The summed E-state index contributed by atoms with van der Waals surface area (Å²) in [7, 11) is 3.32. The summed E-state index contributed by atoms with van der Waals surface area (Å²) in [5.41, 5.74) is 4.07. The minimum Gasteiger partial charge on any atom is -0.497 e. The summed E-state index contributed by atoms with van der Waals surface area (Å²) in [5, 5.41) is 10.8. The summed E-state index contributed by atoms with van der Waals surface area (Å²) < 4.78 is 22.0. The van der Waals surface area contributed by atoms with E-state index in [0.717, 1.165) is 45.4 Å². The van der Waals surface area contributed by atoms with Gasteiger partial charge < -0.3 is 24.3 Å². The van der Waals surface area contributed by atoms with Gasteiger partial charge in [0.2, 0.25) is 0 Å². The Hall–Kier alpha value is -3.19. The molecule has 1 aliphatic rings. The molecule has 0 amide bonds. The van der Waals surface area contributed by atoms with E-state index in [1.54, 1.807) is 14.2 Å². The van der Waals surface area contributed by atoms with Crippen LogP contribution >= 0.6 is 0 Å². The monoisotopic (exact) mass is 381 g/mol. The number of benzene rings is 2. The SMILES string of the molecule is COc1ccc(OC)c(CNCc2cn[nH]c2-c2ccc3c(c2)OCCO3)c1. The molecule has 0 radical (unpaired) electrons. The van der Waals surface area contributed by atoms with Crippen LogP contribution in [-0.2, 0) is 13.1 Å². The number of fused-ring (bicyclic) bond motifs is 1. The molecule has 7 heteroatoms. The van der Waals surface area contributed by atoms with E-state index in [1.807, 2.05) is 42.6 Å². The van der Waals surface area contributed by atoms with Crippen LogP contribution in [0, 0.1) is 0 Å². The predicted octanol–water partition coefficient (Wildman–Crippen LogP) is 3.15. The summed E-state index contributed by atoms with van der Waals surface area (Å²) in [4.78, 5) is 0. The Bertz CT molecular complexity index is 955. The fourth-order valence-electron chi connectivity index (χ4n) is 3.25. The molecule has 28 heavy (non-hydrogen) atoms. The first-order chi connectivity index (χ1) is 13.8. The summed E-state index contributed by atoms with van der Waals surface area (Å²) in [6, 6.07) is 11.7. The molecule has 2 heterocycles. The molecule has 0 atom stereocenters. The Balaban J connectivity index is 1.47. The van der Waals surface area contributed by atoms with Crippen LogP contribution in [0.4, 0.5) is 0 Å². The summed E-state index contributed by atoms with van der Waals surface area (Å²) in [6.07, 6.45) is 1.84. The Morgan fingerprint density at radius 3 is 2.61 bits per heavy atom. The Morgan fingerprint density at radius 1 is 0.964 bits per heavy atom. The highest BCUT2D eigenvalue weighted by Crippen LogP contribution is 2.34. The molecule has 146 valence electrons. The highest BCUT2D eigenvalue weighted by atomic mass is 16.6. The molecule has 4 rings (SSSR count). The second-order valence-electron chi connectivity index (χ2n) is 6.41. The third-order valence-electron chi connectivity index (χ3n) is 4.67. The largest absolute Gasteiger partial charge is 0.497 e. The van der Waals surface area contributed by atoms with E-state index in [9.17, 15) is 0 Å². The van der Waals surface area contributed by atoms with Gasteiger partial charge in [-0.3, -0.25) is 5.10 Å². The van der Waals surface area contributed by atoms with Gasteiger partial charge in [0.05, 0.1) is 26.1 Å². The number of aromatic nitrogens is 2. The zero-order valence-electron chi connectivity index (χ0n) is 16.0. The highest BCUT2D eigenvalue weighted by Gasteiger charge is 2.15. The summed E-state index contributed by atoms with van der Waals surface area (Å²) in [6.45, 7) is 2.45. The van der Waals surface area contributed by atoms with Crippen LogP contribution in [-0.4, -0.2) is 37.6 Å². The lowest BCUT2D eigenvalue weighted by Gasteiger charge is -2.18. The van der Waals surface area contributed by atoms with Crippen molar-refractivity contribution in [1.82, 2.24) is 15.5 Å². The van der Waals surface area contributed by atoms with Crippen LogP contribution in [0.25, 0.3) is 11.3 Å². The van der Waals surface area contributed by atoms with Crippen molar-refractivity contribution in [1.29, 1.82) is 0 Å². The molecule has 0 saturated heterocycles. The normalized spacial score (nSPS) is 12.6. The van der Waals surface area contributed by atoms with Crippen molar-refractivity contribution in [2.75, 3.05) is 27.4 Å². The molecule has 7 nitrogen and oxygen atoms in total. The number of ether oxygens (including phenoxy) is 4. The van der Waals surface area contributed by atoms with Gasteiger partial charge in [-0.15, -0.1) is 0 Å². The number of H-pyrrole nitrogens is 1. The van der Waals surface area contributed by atoms with Crippen LogP contribution in [0.15, 0.2) is 42.6 Å².